The molecule has 0 fully saturated rings. The van der Waals surface area contributed by atoms with Gasteiger partial charge in [0.25, 0.3) is 5.91 Å². The predicted molar refractivity (Wildman–Crippen MR) is 115 cm³/mol. The number of carbonyl (C=O) groups is 2. The van der Waals surface area contributed by atoms with Crippen molar-refractivity contribution in [2.45, 2.75) is 33.4 Å². The number of amides is 2. The highest BCUT2D eigenvalue weighted by Gasteiger charge is 2.26. The van der Waals surface area contributed by atoms with Gasteiger partial charge < -0.3 is 24.4 Å². The molecule has 2 amide bonds. The van der Waals surface area contributed by atoms with E-state index < -0.39 is 6.04 Å². The second kappa shape index (κ2) is 11.1. The predicted octanol–water partition coefficient (Wildman–Crippen LogP) is 2.94. The molecule has 0 aromatic heterocycles. The number of likely N-dealkylation sites (N-methyl/N-ethyl adjacent to an activating group) is 1. The van der Waals surface area contributed by atoms with Crippen LogP contribution in [0.1, 0.15) is 25.0 Å². The van der Waals surface area contributed by atoms with E-state index in [1.807, 2.05) is 38.1 Å². The third kappa shape index (κ3) is 6.40. The highest BCUT2D eigenvalue weighted by molar-refractivity contribution is 5.87. The molecule has 7 heteroatoms. The topological polar surface area (TPSA) is 77.1 Å². The molecule has 0 heterocycles. The molecular formula is C23H30N2O5. The molecule has 2 rings (SSSR count). The van der Waals surface area contributed by atoms with Gasteiger partial charge in [0.1, 0.15) is 23.3 Å². The molecule has 1 atom stereocenters. The summed E-state index contributed by atoms with van der Waals surface area (Å²) in [4.78, 5) is 27.0. The molecule has 30 heavy (non-hydrogen) atoms. The molecule has 0 spiro atoms. The van der Waals surface area contributed by atoms with Crippen LogP contribution in [-0.2, 0) is 16.1 Å². The first-order valence-corrected chi connectivity index (χ1v) is 9.86. The second-order valence-electron chi connectivity index (χ2n) is 6.92. The highest BCUT2D eigenvalue weighted by atomic mass is 16.5. The molecule has 2 aromatic carbocycles. The number of nitrogens with zero attached hydrogens (tertiary/aromatic N) is 1. The normalized spacial score (nSPS) is 11.4. The smallest absolute Gasteiger partial charge is 0.261 e. The summed E-state index contributed by atoms with van der Waals surface area (Å²) < 4.78 is 16.2. The fourth-order valence-electron chi connectivity index (χ4n) is 3.00. The summed E-state index contributed by atoms with van der Waals surface area (Å²) >= 11 is 0. The number of aryl methyl sites for hydroxylation is 1. The van der Waals surface area contributed by atoms with Crippen LogP contribution in [0.5, 0.6) is 17.2 Å². The summed E-state index contributed by atoms with van der Waals surface area (Å²) in [5.41, 5.74) is 2.04. The van der Waals surface area contributed by atoms with Gasteiger partial charge in [0, 0.05) is 31.3 Å². The Morgan fingerprint density at radius 1 is 1.03 bits per heavy atom. The van der Waals surface area contributed by atoms with Crippen molar-refractivity contribution in [1.29, 1.82) is 0 Å². The minimum atomic E-state index is -0.638. The highest BCUT2D eigenvalue weighted by Crippen LogP contribution is 2.27. The summed E-state index contributed by atoms with van der Waals surface area (Å²) in [7, 11) is 3.09. The Labute approximate surface area is 177 Å². The van der Waals surface area contributed by atoms with E-state index in [2.05, 4.69) is 5.32 Å². The van der Waals surface area contributed by atoms with E-state index in [1.54, 1.807) is 39.3 Å². The van der Waals surface area contributed by atoms with Crippen molar-refractivity contribution in [3.63, 3.8) is 0 Å². The van der Waals surface area contributed by atoms with E-state index in [9.17, 15) is 9.59 Å². The third-order valence-corrected chi connectivity index (χ3v) is 4.64. The van der Waals surface area contributed by atoms with Gasteiger partial charge >= 0.3 is 0 Å². The van der Waals surface area contributed by atoms with Gasteiger partial charge in [-0.15, -0.1) is 0 Å². The van der Waals surface area contributed by atoms with Crippen molar-refractivity contribution < 1.29 is 23.8 Å². The lowest BCUT2D eigenvalue weighted by Gasteiger charge is -2.28. The molecule has 2 aromatic rings. The standard InChI is InChI=1S/C23H30N2O5/c1-6-24-23(27)17(3)25(14-18-9-7-8-16(2)10-18)22(26)15-30-21-12-19(28-4)11-20(13-21)29-5/h7-13,17H,6,14-15H2,1-5H3,(H,24,27)/t17-/m1/s1. The van der Waals surface area contributed by atoms with E-state index in [1.165, 1.54) is 4.90 Å². The summed E-state index contributed by atoms with van der Waals surface area (Å²) in [6.45, 7) is 6.14. The maximum Gasteiger partial charge on any atom is 0.261 e. The number of hydrogen-bond acceptors (Lipinski definition) is 5. The van der Waals surface area contributed by atoms with Gasteiger partial charge in [-0.3, -0.25) is 9.59 Å². The number of benzene rings is 2. The summed E-state index contributed by atoms with van der Waals surface area (Å²) in [6, 6.07) is 12.3. The summed E-state index contributed by atoms with van der Waals surface area (Å²) in [5, 5.41) is 2.78. The van der Waals surface area contributed by atoms with Crippen molar-refractivity contribution in [3.05, 3.63) is 53.6 Å². The first-order valence-electron chi connectivity index (χ1n) is 9.86. The van der Waals surface area contributed by atoms with Crippen LogP contribution in [0.15, 0.2) is 42.5 Å². The van der Waals surface area contributed by atoms with Crippen LogP contribution >= 0.6 is 0 Å². The number of ether oxygens (including phenoxy) is 3. The van der Waals surface area contributed by atoms with Gasteiger partial charge in [-0.05, 0) is 26.3 Å². The number of rotatable bonds is 10. The van der Waals surface area contributed by atoms with Crippen LogP contribution in [0.25, 0.3) is 0 Å². The first kappa shape index (κ1) is 23.1. The zero-order valence-corrected chi connectivity index (χ0v) is 18.2. The molecular weight excluding hydrogens is 384 g/mol. The lowest BCUT2D eigenvalue weighted by atomic mass is 10.1. The van der Waals surface area contributed by atoms with Crippen LogP contribution in [0, 0.1) is 6.92 Å². The Morgan fingerprint density at radius 3 is 2.23 bits per heavy atom. The summed E-state index contributed by atoms with van der Waals surface area (Å²) in [5.74, 6) is 1.06. The molecule has 0 unspecified atom stereocenters. The first-order chi connectivity index (χ1) is 14.4. The van der Waals surface area contributed by atoms with E-state index >= 15 is 0 Å². The van der Waals surface area contributed by atoms with Gasteiger partial charge in [-0.1, -0.05) is 29.8 Å². The Kier molecular flexibility index (Phi) is 8.53. The zero-order valence-electron chi connectivity index (χ0n) is 18.2. The van der Waals surface area contributed by atoms with Gasteiger partial charge in [0.15, 0.2) is 6.61 Å². The van der Waals surface area contributed by atoms with Crippen molar-refractivity contribution in [2.24, 2.45) is 0 Å². The monoisotopic (exact) mass is 414 g/mol. The van der Waals surface area contributed by atoms with Crippen molar-refractivity contribution >= 4 is 11.8 Å². The lowest BCUT2D eigenvalue weighted by molar-refractivity contribution is -0.142. The third-order valence-electron chi connectivity index (χ3n) is 4.64. The number of methoxy groups -OCH3 is 2. The van der Waals surface area contributed by atoms with Crippen LogP contribution in [-0.4, -0.2) is 50.1 Å². The van der Waals surface area contributed by atoms with E-state index in [-0.39, 0.29) is 18.4 Å². The quantitative estimate of drug-likeness (QED) is 0.647. The number of hydrogen-bond donors (Lipinski definition) is 1. The van der Waals surface area contributed by atoms with Gasteiger partial charge in [0.05, 0.1) is 14.2 Å². The molecule has 0 aliphatic carbocycles. The van der Waals surface area contributed by atoms with E-state index in [4.69, 9.17) is 14.2 Å². The fraction of sp³-hybridized carbons (Fsp3) is 0.391. The molecule has 0 aliphatic rings. The maximum absolute atomic E-state index is 13.0. The van der Waals surface area contributed by atoms with Crippen LogP contribution < -0.4 is 19.5 Å². The van der Waals surface area contributed by atoms with Crippen molar-refractivity contribution in [2.75, 3.05) is 27.4 Å². The minimum absolute atomic E-state index is 0.207. The van der Waals surface area contributed by atoms with E-state index in [0.717, 1.165) is 11.1 Å². The van der Waals surface area contributed by atoms with Gasteiger partial charge in [-0.2, -0.15) is 0 Å². The molecule has 0 radical (unpaired) electrons. The average Bonchev–Trinajstić information content (AvgIpc) is 2.75. The second-order valence-corrected chi connectivity index (χ2v) is 6.92. The molecule has 7 nitrogen and oxygen atoms in total. The largest absolute Gasteiger partial charge is 0.496 e. The molecule has 0 saturated heterocycles. The van der Waals surface area contributed by atoms with Crippen molar-refractivity contribution in [3.8, 4) is 17.2 Å². The van der Waals surface area contributed by atoms with Crippen LogP contribution in [0.3, 0.4) is 0 Å². The van der Waals surface area contributed by atoms with Crippen LogP contribution in [0.2, 0.25) is 0 Å². The number of nitrogens with one attached hydrogen (secondary N) is 1. The molecule has 1 N–H and O–H groups in total. The lowest BCUT2D eigenvalue weighted by Crippen LogP contribution is -2.49. The molecule has 0 aliphatic heterocycles. The SMILES string of the molecule is CCNC(=O)[C@@H](C)N(Cc1cccc(C)c1)C(=O)COc1cc(OC)cc(OC)c1. The molecule has 0 bridgehead atoms. The molecule has 162 valence electrons. The van der Waals surface area contributed by atoms with Crippen LogP contribution in [0.4, 0.5) is 0 Å². The Hall–Kier alpha value is -3.22. The van der Waals surface area contributed by atoms with Crippen molar-refractivity contribution in [1.82, 2.24) is 10.2 Å². The summed E-state index contributed by atoms with van der Waals surface area (Å²) in [6.07, 6.45) is 0. The van der Waals surface area contributed by atoms with E-state index in [0.29, 0.717) is 30.3 Å². The van der Waals surface area contributed by atoms with Gasteiger partial charge in [-0.25, -0.2) is 0 Å². The molecule has 0 saturated carbocycles. The Balaban J connectivity index is 2.18. The zero-order chi connectivity index (χ0) is 22.1. The fourth-order valence-corrected chi connectivity index (χ4v) is 3.00. The minimum Gasteiger partial charge on any atom is -0.496 e. The number of carbonyl (C=O) groups excluding carboxylic acids is 2. The maximum atomic E-state index is 13.0. The Bertz CT molecular complexity index is 846. The Morgan fingerprint density at radius 2 is 1.67 bits per heavy atom. The van der Waals surface area contributed by atoms with Gasteiger partial charge in [0.2, 0.25) is 5.91 Å². The average molecular weight is 415 g/mol.